The van der Waals surface area contributed by atoms with Gasteiger partial charge in [0.15, 0.2) is 22.2 Å². The Labute approximate surface area is 207 Å². The van der Waals surface area contributed by atoms with Crippen LogP contribution in [0.2, 0.25) is 0 Å². The number of hydrogen-bond acceptors (Lipinski definition) is 9. The molecule has 3 rings (SSSR count). The lowest BCUT2D eigenvalue weighted by Gasteiger charge is -2.15. The molecule has 0 fully saturated rings. The number of carbonyl (C=O) groups is 2. The number of amides is 1. The number of anilines is 1. The molecule has 2 heterocycles. The second-order valence-corrected chi connectivity index (χ2v) is 9.28. The quantitative estimate of drug-likeness (QED) is 0.297. The summed E-state index contributed by atoms with van der Waals surface area (Å²) in [6.45, 7) is 10.4. The molecule has 1 unspecified atom stereocenters. The number of ether oxygens (including phenoxy) is 2. The third-order valence-electron chi connectivity index (χ3n) is 4.91. The van der Waals surface area contributed by atoms with Gasteiger partial charge in [0.1, 0.15) is 10.6 Å². The Bertz CT molecular complexity index is 1130. The maximum absolute atomic E-state index is 12.5. The van der Waals surface area contributed by atoms with Gasteiger partial charge >= 0.3 is 5.97 Å². The van der Waals surface area contributed by atoms with Gasteiger partial charge in [0.25, 0.3) is 0 Å². The number of thiazole rings is 1. The number of aryl methyl sites for hydroxylation is 2. The van der Waals surface area contributed by atoms with Gasteiger partial charge < -0.3 is 19.4 Å². The molecule has 1 aromatic carbocycles. The highest BCUT2D eigenvalue weighted by Crippen LogP contribution is 2.26. The predicted octanol–water partition coefficient (Wildman–Crippen LogP) is 4.67. The zero-order valence-corrected chi connectivity index (χ0v) is 21.6. The van der Waals surface area contributed by atoms with Crippen molar-refractivity contribution in [1.29, 1.82) is 0 Å². The zero-order valence-electron chi connectivity index (χ0n) is 20.0. The summed E-state index contributed by atoms with van der Waals surface area (Å²) >= 11 is 2.38. The first-order valence-electron chi connectivity index (χ1n) is 11.1. The van der Waals surface area contributed by atoms with E-state index < -0.39 is 5.97 Å². The molecule has 0 saturated carbocycles. The summed E-state index contributed by atoms with van der Waals surface area (Å²) in [6.07, 6.45) is 0.672. The SMILES string of the molecule is CCOC(=O)c1sc(NC(=O)CSc2nnc(C(C)Oc3ccc(CC)cc3)n2CC)nc1C. The van der Waals surface area contributed by atoms with E-state index in [9.17, 15) is 9.59 Å². The molecule has 3 aromatic rings. The summed E-state index contributed by atoms with van der Waals surface area (Å²) in [5.41, 5.74) is 1.78. The van der Waals surface area contributed by atoms with E-state index in [-0.39, 0.29) is 24.4 Å². The molecule has 1 amide bonds. The molecule has 182 valence electrons. The van der Waals surface area contributed by atoms with E-state index in [2.05, 4.69) is 27.4 Å². The van der Waals surface area contributed by atoms with E-state index in [4.69, 9.17) is 9.47 Å². The minimum absolute atomic E-state index is 0.124. The average Bonchev–Trinajstić information content (AvgIpc) is 3.41. The standard InChI is InChI=1S/C23H29N5O4S2/c1-6-16-9-11-17(12-10-16)32-15(5)20-26-27-23(28(20)7-2)33-13-18(29)25-22-24-14(4)19(34-22)21(30)31-8-3/h9-12,15H,6-8,13H2,1-5H3,(H,24,25,29). The fourth-order valence-corrected chi connectivity index (χ4v) is 4.87. The summed E-state index contributed by atoms with van der Waals surface area (Å²) in [5, 5.41) is 12.3. The maximum atomic E-state index is 12.5. The molecular weight excluding hydrogens is 474 g/mol. The van der Waals surface area contributed by atoms with Crippen molar-refractivity contribution in [3.63, 3.8) is 0 Å². The summed E-state index contributed by atoms with van der Waals surface area (Å²) in [4.78, 5) is 29.1. The first kappa shape index (κ1) is 25.7. The van der Waals surface area contributed by atoms with Crippen LogP contribution in [0.1, 0.15) is 60.6 Å². The van der Waals surface area contributed by atoms with Crippen LogP contribution in [0.25, 0.3) is 0 Å². The summed E-state index contributed by atoms with van der Waals surface area (Å²) in [5.74, 6) is 0.902. The normalized spacial score (nSPS) is 11.8. The largest absolute Gasteiger partial charge is 0.483 e. The summed E-state index contributed by atoms with van der Waals surface area (Å²) < 4.78 is 13.0. The first-order chi connectivity index (χ1) is 16.4. The Hall–Kier alpha value is -2.92. The number of carbonyl (C=O) groups excluding carboxylic acids is 2. The van der Waals surface area contributed by atoms with Gasteiger partial charge in [-0.3, -0.25) is 4.79 Å². The van der Waals surface area contributed by atoms with Crippen molar-refractivity contribution in [2.24, 2.45) is 0 Å². The minimum atomic E-state index is -0.436. The second-order valence-electron chi connectivity index (χ2n) is 7.33. The molecule has 1 atom stereocenters. The Kier molecular flexibility index (Phi) is 9.05. The van der Waals surface area contributed by atoms with Gasteiger partial charge in [0.2, 0.25) is 5.91 Å². The fourth-order valence-electron chi connectivity index (χ4n) is 3.19. The highest BCUT2D eigenvalue weighted by molar-refractivity contribution is 7.99. The lowest BCUT2D eigenvalue weighted by atomic mass is 10.2. The van der Waals surface area contributed by atoms with Gasteiger partial charge in [-0.25, -0.2) is 9.78 Å². The van der Waals surface area contributed by atoms with Crippen LogP contribution in [0.5, 0.6) is 5.75 Å². The average molecular weight is 504 g/mol. The molecule has 0 spiro atoms. The molecule has 0 radical (unpaired) electrons. The highest BCUT2D eigenvalue weighted by Gasteiger charge is 2.21. The van der Waals surface area contributed by atoms with Crippen LogP contribution < -0.4 is 10.1 Å². The van der Waals surface area contributed by atoms with Gasteiger partial charge in [-0.2, -0.15) is 0 Å². The van der Waals surface area contributed by atoms with Crippen molar-refractivity contribution in [2.75, 3.05) is 17.7 Å². The van der Waals surface area contributed by atoms with Crippen molar-refractivity contribution in [3.05, 3.63) is 46.2 Å². The van der Waals surface area contributed by atoms with Crippen molar-refractivity contribution in [2.45, 2.75) is 58.8 Å². The van der Waals surface area contributed by atoms with Crippen molar-refractivity contribution >= 4 is 40.1 Å². The number of nitrogens with one attached hydrogen (secondary N) is 1. The second kappa shape index (κ2) is 12.0. The van der Waals surface area contributed by atoms with Gasteiger partial charge in [0.05, 0.1) is 18.1 Å². The van der Waals surface area contributed by atoms with E-state index in [0.717, 1.165) is 23.5 Å². The number of benzene rings is 1. The number of thioether (sulfide) groups is 1. The molecule has 34 heavy (non-hydrogen) atoms. The van der Waals surface area contributed by atoms with Crippen LogP contribution in [-0.4, -0.2) is 44.0 Å². The van der Waals surface area contributed by atoms with Crippen molar-refractivity contribution in [1.82, 2.24) is 19.7 Å². The van der Waals surface area contributed by atoms with Crippen LogP contribution >= 0.6 is 23.1 Å². The van der Waals surface area contributed by atoms with E-state index >= 15 is 0 Å². The van der Waals surface area contributed by atoms with E-state index in [1.807, 2.05) is 42.7 Å². The molecule has 0 aliphatic rings. The molecular formula is C23H29N5O4S2. The number of rotatable bonds is 11. The fraction of sp³-hybridized carbons (Fsp3) is 0.435. The predicted molar refractivity (Wildman–Crippen MR) is 133 cm³/mol. The Morgan fingerprint density at radius 2 is 1.91 bits per heavy atom. The van der Waals surface area contributed by atoms with Gasteiger partial charge in [-0.15, -0.1) is 10.2 Å². The molecule has 1 N–H and O–H groups in total. The van der Waals surface area contributed by atoms with Gasteiger partial charge in [-0.05, 0) is 51.8 Å². The van der Waals surface area contributed by atoms with Gasteiger partial charge in [0, 0.05) is 6.54 Å². The molecule has 0 bridgehead atoms. The van der Waals surface area contributed by atoms with Crippen molar-refractivity contribution < 1.29 is 19.1 Å². The maximum Gasteiger partial charge on any atom is 0.350 e. The molecule has 0 saturated heterocycles. The lowest BCUT2D eigenvalue weighted by Crippen LogP contribution is -2.15. The molecule has 9 nitrogen and oxygen atoms in total. The van der Waals surface area contributed by atoms with Crippen LogP contribution in [0.3, 0.4) is 0 Å². The number of esters is 1. The lowest BCUT2D eigenvalue weighted by molar-refractivity contribution is -0.113. The van der Waals surface area contributed by atoms with E-state index in [1.165, 1.54) is 17.3 Å². The Morgan fingerprint density at radius 1 is 1.18 bits per heavy atom. The van der Waals surface area contributed by atoms with Crippen LogP contribution in [-0.2, 0) is 22.5 Å². The molecule has 0 aliphatic heterocycles. The van der Waals surface area contributed by atoms with Crippen molar-refractivity contribution in [3.8, 4) is 5.75 Å². The first-order valence-corrected chi connectivity index (χ1v) is 12.9. The summed E-state index contributed by atoms with van der Waals surface area (Å²) in [6, 6.07) is 8.00. The van der Waals surface area contributed by atoms with E-state index in [0.29, 0.717) is 33.2 Å². The Morgan fingerprint density at radius 3 is 2.56 bits per heavy atom. The smallest absolute Gasteiger partial charge is 0.350 e. The van der Waals surface area contributed by atoms with Crippen LogP contribution in [0.4, 0.5) is 5.13 Å². The van der Waals surface area contributed by atoms with Gasteiger partial charge in [-0.1, -0.05) is 42.2 Å². The zero-order chi connectivity index (χ0) is 24.7. The number of aromatic nitrogens is 4. The molecule has 2 aromatic heterocycles. The number of nitrogens with zero attached hydrogens (tertiary/aromatic N) is 4. The van der Waals surface area contributed by atoms with E-state index in [1.54, 1.807) is 13.8 Å². The third-order valence-corrected chi connectivity index (χ3v) is 6.93. The minimum Gasteiger partial charge on any atom is -0.483 e. The summed E-state index contributed by atoms with van der Waals surface area (Å²) in [7, 11) is 0. The monoisotopic (exact) mass is 503 g/mol. The van der Waals surface area contributed by atoms with Crippen LogP contribution in [0.15, 0.2) is 29.4 Å². The third kappa shape index (κ3) is 6.35. The number of hydrogen-bond donors (Lipinski definition) is 1. The molecule has 11 heteroatoms. The highest BCUT2D eigenvalue weighted by atomic mass is 32.2. The van der Waals surface area contributed by atoms with Crippen LogP contribution in [0, 0.1) is 6.92 Å². The Balaban J connectivity index is 1.60. The topological polar surface area (TPSA) is 108 Å². The molecule has 0 aliphatic carbocycles.